The van der Waals surface area contributed by atoms with E-state index in [0.29, 0.717) is 12.2 Å². The van der Waals surface area contributed by atoms with Crippen LogP contribution < -0.4 is 5.56 Å². The summed E-state index contributed by atoms with van der Waals surface area (Å²) in [5.74, 6) is -0.144. The Bertz CT molecular complexity index is 650. The van der Waals surface area contributed by atoms with Gasteiger partial charge in [0.05, 0.1) is 5.69 Å². The minimum Gasteiger partial charge on any atom is -0.340 e. The van der Waals surface area contributed by atoms with Crippen molar-refractivity contribution in [3.8, 4) is 0 Å². The van der Waals surface area contributed by atoms with Crippen LogP contribution >= 0.6 is 0 Å². The Morgan fingerprint density at radius 2 is 1.90 bits per heavy atom. The van der Waals surface area contributed by atoms with Gasteiger partial charge in [0.2, 0.25) is 5.91 Å². The number of benzene rings is 1. The first-order chi connectivity index (χ1) is 9.56. The fourth-order valence-electron chi connectivity index (χ4n) is 1.86. The Balaban J connectivity index is 2.04. The van der Waals surface area contributed by atoms with E-state index in [2.05, 4.69) is 5.10 Å². The van der Waals surface area contributed by atoms with Crippen LogP contribution in [0.15, 0.2) is 47.3 Å². The molecule has 0 fully saturated rings. The molecule has 5 nitrogen and oxygen atoms in total. The molecule has 1 heterocycles. The van der Waals surface area contributed by atoms with E-state index in [9.17, 15) is 9.59 Å². The molecule has 0 saturated heterocycles. The molecule has 0 N–H and O–H groups in total. The van der Waals surface area contributed by atoms with Crippen LogP contribution in [0.2, 0.25) is 0 Å². The molecule has 0 radical (unpaired) electrons. The number of rotatable bonds is 4. The third kappa shape index (κ3) is 3.54. The smallest absolute Gasteiger partial charge is 0.267 e. The van der Waals surface area contributed by atoms with Crippen molar-refractivity contribution in [2.24, 2.45) is 0 Å². The molecule has 0 aliphatic heterocycles. The fraction of sp³-hybridized carbons (Fsp3) is 0.267. The molecule has 0 atom stereocenters. The highest BCUT2D eigenvalue weighted by atomic mass is 16.2. The molecule has 104 valence electrons. The van der Waals surface area contributed by atoms with Crippen LogP contribution in [0.4, 0.5) is 0 Å². The Labute approximate surface area is 117 Å². The Kier molecular flexibility index (Phi) is 4.30. The van der Waals surface area contributed by atoms with Gasteiger partial charge < -0.3 is 4.90 Å². The summed E-state index contributed by atoms with van der Waals surface area (Å²) >= 11 is 0. The average molecular weight is 271 g/mol. The van der Waals surface area contributed by atoms with Crippen LogP contribution in [0.3, 0.4) is 0 Å². The van der Waals surface area contributed by atoms with Crippen LogP contribution in [0.5, 0.6) is 0 Å². The van der Waals surface area contributed by atoms with E-state index in [4.69, 9.17) is 0 Å². The van der Waals surface area contributed by atoms with Gasteiger partial charge in [-0.15, -0.1) is 0 Å². The molecule has 0 bridgehead atoms. The number of carbonyl (C=O) groups excluding carboxylic acids is 1. The first kappa shape index (κ1) is 14.0. The lowest BCUT2D eigenvalue weighted by Gasteiger charge is -2.17. The number of amides is 1. The van der Waals surface area contributed by atoms with Crippen molar-refractivity contribution in [3.63, 3.8) is 0 Å². The SMILES string of the molecule is Cc1ccc(=O)n(CC(=O)N(C)Cc2ccccc2)n1. The van der Waals surface area contributed by atoms with Crippen molar-refractivity contribution in [1.29, 1.82) is 0 Å². The molecular weight excluding hydrogens is 254 g/mol. The summed E-state index contributed by atoms with van der Waals surface area (Å²) in [4.78, 5) is 25.3. The zero-order valence-corrected chi connectivity index (χ0v) is 11.6. The third-order valence-electron chi connectivity index (χ3n) is 2.97. The van der Waals surface area contributed by atoms with E-state index < -0.39 is 0 Å². The molecule has 0 aliphatic carbocycles. The minimum absolute atomic E-state index is 0.0379. The van der Waals surface area contributed by atoms with Gasteiger partial charge >= 0.3 is 0 Å². The zero-order chi connectivity index (χ0) is 14.5. The molecule has 1 aromatic heterocycles. The van der Waals surface area contributed by atoms with Crippen LogP contribution in [0, 0.1) is 6.92 Å². The molecule has 0 unspecified atom stereocenters. The maximum Gasteiger partial charge on any atom is 0.267 e. The van der Waals surface area contributed by atoms with Gasteiger partial charge in [-0.2, -0.15) is 5.10 Å². The molecule has 1 amide bonds. The Hall–Kier alpha value is -2.43. The minimum atomic E-state index is -0.267. The second kappa shape index (κ2) is 6.14. The Morgan fingerprint density at radius 3 is 2.60 bits per heavy atom. The van der Waals surface area contributed by atoms with Crippen molar-refractivity contribution in [2.45, 2.75) is 20.0 Å². The zero-order valence-electron chi connectivity index (χ0n) is 11.6. The summed E-state index contributed by atoms with van der Waals surface area (Å²) in [5, 5.41) is 4.06. The third-order valence-corrected chi connectivity index (χ3v) is 2.97. The summed E-state index contributed by atoms with van der Waals surface area (Å²) in [5.41, 5.74) is 1.49. The normalized spacial score (nSPS) is 10.3. The summed E-state index contributed by atoms with van der Waals surface area (Å²) < 4.78 is 1.19. The first-order valence-corrected chi connectivity index (χ1v) is 6.39. The molecule has 2 rings (SSSR count). The molecule has 20 heavy (non-hydrogen) atoms. The summed E-state index contributed by atoms with van der Waals surface area (Å²) in [6, 6.07) is 12.8. The molecule has 0 spiro atoms. The van der Waals surface area contributed by atoms with E-state index in [1.165, 1.54) is 10.7 Å². The van der Waals surface area contributed by atoms with Gasteiger partial charge in [-0.3, -0.25) is 9.59 Å². The summed E-state index contributed by atoms with van der Waals surface area (Å²) in [7, 11) is 1.72. The number of likely N-dealkylation sites (N-methyl/N-ethyl adjacent to an activating group) is 1. The highest BCUT2D eigenvalue weighted by Gasteiger charge is 2.11. The van der Waals surface area contributed by atoms with Crippen molar-refractivity contribution in [1.82, 2.24) is 14.7 Å². The molecule has 5 heteroatoms. The molecular formula is C15H17N3O2. The monoisotopic (exact) mass is 271 g/mol. The second-order valence-corrected chi connectivity index (χ2v) is 4.71. The standard InChI is InChI=1S/C15H17N3O2/c1-12-8-9-14(19)18(16-12)11-15(20)17(2)10-13-6-4-3-5-7-13/h3-9H,10-11H2,1-2H3. The number of aryl methyl sites for hydroxylation is 1. The lowest BCUT2D eigenvalue weighted by Crippen LogP contribution is -2.34. The molecule has 1 aromatic carbocycles. The van der Waals surface area contributed by atoms with Crippen LogP contribution in [0.25, 0.3) is 0 Å². The molecule has 0 aliphatic rings. The van der Waals surface area contributed by atoms with Gasteiger partial charge in [0.1, 0.15) is 6.54 Å². The lowest BCUT2D eigenvalue weighted by atomic mass is 10.2. The lowest BCUT2D eigenvalue weighted by molar-refractivity contribution is -0.131. The van der Waals surface area contributed by atoms with Gasteiger partial charge in [-0.1, -0.05) is 30.3 Å². The predicted octanol–water partition coefficient (Wildman–Crippen LogP) is 1.21. The van der Waals surface area contributed by atoms with E-state index in [1.807, 2.05) is 30.3 Å². The highest BCUT2D eigenvalue weighted by Crippen LogP contribution is 2.03. The summed E-state index contributed by atoms with van der Waals surface area (Å²) in [6.45, 7) is 2.26. The van der Waals surface area contributed by atoms with E-state index in [1.54, 1.807) is 24.9 Å². The van der Waals surface area contributed by atoms with Gasteiger partial charge in [0.15, 0.2) is 0 Å². The second-order valence-electron chi connectivity index (χ2n) is 4.71. The quantitative estimate of drug-likeness (QED) is 0.840. The van der Waals surface area contributed by atoms with Crippen molar-refractivity contribution >= 4 is 5.91 Å². The average Bonchev–Trinajstić information content (AvgIpc) is 2.44. The van der Waals surface area contributed by atoms with E-state index >= 15 is 0 Å². The van der Waals surface area contributed by atoms with Crippen LogP contribution in [-0.2, 0) is 17.9 Å². The Morgan fingerprint density at radius 1 is 1.20 bits per heavy atom. The van der Waals surface area contributed by atoms with Crippen LogP contribution in [-0.4, -0.2) is 27.6 Å². The number of hydrogen-bond acceptors (Lipinski definition) is 3. The highest BCUT2D eigenvalue weighted by molar-refractivity contribution is 5.75. The van der Waals surface area contributed by atoms with E-state index in [-0.39, 0.29) is 18.0 Å². The van der Waals surface area contributed by atoms with Crippen molar-refractivity contribution in [3.05, 3.63) is 64.1 Å². The van der Waals surface area contributed by atoms with Gasteiger partial charge in [-0.25, -0.2) is 4.68 Å². The van der Waals surface area contributed by atoms with Crippen molar-refractivity contribution < 1.29 is 4.79 Å². The van der Waals surface area contributed by atoms with E-state index in [0.717, 1.165) is 5.56 Å². The number of hydrogen-bond donors (Lipinski definition) is 0. The fourth-order valence-corrected chi connectivity index (χ4v) is 1.86. The van der Waals surface area contributed by atoms with Crippen molar-refractivity contribution in [2.75, 3.05) is 7.05 Å². The largest absolute Gasteiger partial charge is 0.340 e. The number of nitrogens with zero attached hydrogens (tertiary/aromatic N) is 3. The van der Waals surface area contributed by atoms with Gasteiger partial charge in [-0.05, 0) is 18.6 Å². The molecule has 2 aromatic rings. The molecule has 0 saturated carbocycles. The van der Waals surface area contributed by atoms with Crippen LogP contribution in [0.1, 0.15) is 11.3 Å². The topological polar surface area (TPSA) is 55.2 Å². The van der Waals surface area contributed by atoms with Gasteiger partial charge in [0.25, 0.3) is 5.56 Å². The number of aromatic nitrogens is 2. The summed E-state index contributed by atoms with van der Waals surface area (Å²) in [6.07, 6.45) is 0. The maximum absolute atomic E-state index is 12.1. The maximum atomic E-state index is 12.1. The van der Waals surface area contributed by atoms with Gasteiger partial charge in [0, 0.05) is 19.7 Å². The first-order valence-electron chi connectivity index (χ1n) is 6.39. The number of carbonyl (C=O) groups is 1. The predicted molar refractivity (Wildman–Crippen MR) is 76.2 cm³/mol.